The molecule has 5 nitrogen and oxygen atoms in total. The Bertz CT molecular complexity index is 709. The summed E-state index contributed by atoms with van der Waals surface area (Å²) in [5.74, 6) is -0.431. The van der Waals surface area contributed by atoms with Gasteiger partial charge in [0, 0.05) is 18.6 Å². The van der Waals surface area contributed by atoms with E-state index in [0.717, 1.165) is 19.3 Å². The van der Waals surface area contributed by atoms with Gasteiger partial charge in [0.05, 0.1) is 10.5 Å². The Hall–Kier alpha value is -2.69. The highest BCUT2D eigenvalue weighted by molar-refractivity contribution is 5.89. The Labute approximate surface area is 127 Å². The highest BCUT2D eigenvalue weighted by Crippen LogP contribution is 2.24. The molecule has 0 spiro atoms. The van der Waals surface area contributed by atoms with E-state index in [0.29, 0.717) is 5.56 Å². The van der Waals surface area contributed by atoms with Crippen molar-refractivity contribution in [1.82, 2.24) is 0 Å². The van der Waals surface area contributed by atoms with Crippen LogP contribution in [0.3, 0.4) is 0 Å². The number of carbonyl (C=O) groups excluding carboxylic acids is 1. The van der Waals surface area contributed by atoms with Crippen molar-refractivity contribution in [2.45, 2.75) is 25.4 Å². The maximum absolute atomic E-state index is 12.1. The van der Waals surface area contributed by atoms with Gasteiger partial charge in [0.2, 0.25) is 0 Å². The predicted molar refractivity (Wildman–Crippen MR) is 80.8 cm³/mol. The van der Waals surface area contributed by atoms with Gasteiger partial charge in [-0.1, -0.05) is 24.3 Å². The first kappa shape index (κ1) is 14.3. The lowest BCUT2D eigenvalue weighted by atomic mass is 9.90. The minimum atomic E-state index is -0.493. The molecule has 1 aliphatic rings. The molecule has 5 heteroatoms. The Kier molecular flexibility index (Phi) is 3.87. The van der Waals surface area contributed by atoms with Crippen molar-refractivity contribution in [1.29, 1.82) is 0 Å². The number of rotatable bonds is 3. The molecule has 0 fully saturated rings. The van der Waals surface area contributed by atoms with Crippen molar-refractivity contribution in [3.63, 3.8) is 0 Å². The zero-order valence-corrected chi connectivity index (χ0v) is 11.9. The van der Waals surface area contributed by atoms with Crippen LogP contribution in [0.1, 0.15) is 27.9 Å². The Morgan fingerprint density at radius 1 is 1.09 bits per heavy atom. The van der Waals surface area contributed by atoms with Crippen LogP contribution in [0.5, 0.6) is 0 Å². The van der Waals surface area contributed by atoms with Gasteiger partial charge in [-0.2, -0.15) is 0 Å². The molecular formula is C17H15NO4. The van der Waals surface area contributed by atoms with E-state index in [9.17, 15) is 14.9 Å². The number of esters is 1. The molecule has 3 rings (SSSR count). The number of carbonyl (C=O) groups is 1. The minimum Gasteiger partial charge on any atom is -0.458 e. The first-order valence-corrected chi connectivity index (χ1v) is 7.16. The smallest absolute Gasteiger partial charge is 0.338 e. The summed E-state index contributed by atoms with van der Waals surface area (Å²) in [6.07, 6.45) is 2.27. The second kappa shape index (κ2) is 5.97. The van der Waals surface area contributed by atoms with Crippen molar-refractivity contribution >= 4 is 11.7 Å². The summed E-state index contributed by atoms with van der Waals surface area (Å²) in [7, 11) is 0. The number of nitrogens with zero attached hydrogens (tertiary/aromatic N) is 1. The van der Waals surface area contributed by atoms with Crippen molar-refractivity contribution in [2.24, 2.45) is 0 Å². The number of nitro benzene ring substituents is 1. The number of non-ortho nitro benzene ring substituents is 1. The number of nitro groups is 1. The van der Waals surface area contributed by atoms with Gasteiger partial charge in [0.15, 0.2) is 0 Å². The SMILES string of the molecule is O=C(OC1CCc2ccccc2C1)c1ccc([N+](=O)[O-])cc1. The molecule has 0 bridgehead atoms. The van der Waals surface area contributed by atoms with Gasteiger partial charge in [0.25, 0.3) is 5.69 Å². The molecule has 112 valence electrons. The summed E-state index contributed by atoms with van der Waals surface area (Å²) in [5.41, 5.74) is 2.83. The van der Waals surface area contributed by atoms with Crippen LogP contribution in [0.4, 0.5) is 5.69 Å². The van der Waals surface area contributed by atoms with Crippen molar-refractivity contribution in [2.75, 3.05) is 0 Å². The fourth-order valence-corrected chi connectivity index (χ4v) is 2.70. The van der Waals surface area contributed by atoms with Crippen LogP contribution < -0.4 is 0 Å². The summed E-state index contributed by atoms with van der Waals surface area (Å²) >= 11 is 0. The second-order valence-corrected chi connectivity index (χ2v) is 5.34. The van der Waals surface area contributed by atoms with Gasteiger partial charge >= 0.3 is 5.97 Å². The molecule has 0 aliphatic heterocycles. The molecule has 0 aromatic heterocycles. The molecule has 0 N–H and O–H groups in total. The third-order valence-corrected chi connectivity index (χ3v) is 3.89. The van der Waals surface area contributed by atoms with E-state index >= 15 is 0 Å². The molecule has 0 saturated heterocycles. The number of hydrogen-bond acceptors (Lipinski definition) is 4. The van der Waals surface area contributed by atoms with Gasteiger partial charge in [0.1, 0.15) is 6.10 Å². The zero-order chi connectivity index (χ0) is 15.5. The standard InChI is InChI=1S/C17H15NO4/c19-17(13-5-8-15(9-6-13)18(20)21)22-16-10-7-12-3-1-2-4-14(12)11-16/h1-6,8-9,16H,7,10-11H2. The lowest BCUT2D eigenvalue weighted by Crippen LogP contribution is -2.25. The maximum atomic E-state index is 12.1. The number of hydrogen-bond donors (Lipinski definition) is 0. The minimum absolute atomic E-state index is 0.0388. The van der Waals surface area contributed by atoms with Gasteiger partial charge < -0.3 is 4.74 Å². The van der Waals surface area contributed by atoms with E-state index in [4.69, 9.17) is 4.74 Å². The zero-order valence-electron chi connectivity index (χ0n) is 11.9. The van der Waals surface area contributed by atoms with Crippen molar-refractivity contribution in [3.8, 4) is 0 Å². The van der Waals surface area contributed by atoms with Crippen LogP contribution in [-0.2, 0) is 17.6 Å². The van der Waals surface area contributed by atoms with Crippen LogP contribution in [-0.4, -0.2) is 17.0 Å². The first-order chi connectivity index (χ1) is 10.6. The molecule has 2 aromatic carbocycles. The second-order valence-electron chi connectivity index (χ2n) is 5.34. The third-order valence-electron chi connectivity index (χ3n) is 3.89. The molecular weight excluding hydrogens is 282 g/mol. The molecule has 1 atom stereocenters. The van der Waals surface area contributed by atoms with Crippen molar-refractivity contribution < 1.29 is 14.5 Å². The summed E-state index contributed by atoms with van der Waals surface area (Å²) < 4.78 is 5.53. The van der Waals surface area contributed by atoms with Crippen LogP contribution >= 0.6 is 0 Å². The number of fused-ring (bicyclic) bond motifs is 1. The molecule has 0 radical (unpaired) electrons. The topological polar surface area (TPSA) is 69.4 Å². The lowest BCUT2D eigenvalue weighted by molar-refractivity contribution is -0.384. The predicted octanol–water partition coefficient (Wildman–Crippen LogP) is 3.31. The summed E-state index contributed by atoms with van der Waals surface area (Å²) in [5, 5.41) is 10.6. The summed E-state index contributed by atoms with van der Waals surface area (Å²) in [6.45, 7) is 0. The van der Waals surface area contributed by atoms with E-state index in [1.54, 1.807) is 0 Å². The number of aryl methyl sites for hydroxylation is 1. The monoisotopic (exact) mass is 297 g/mol. The molecule has 0 amide bonds. The van der Waals surface area contributed by atoms with Gasteiger partial charge in [-0.3, -0.25) is 10.1 Å². The summed E-state index contributed by atoms with van der Waals surface area (Å²) in [6, 6.07) is 13.6. The van der Waals surface area contributed by atoms with Gasteiger partial charge in [-0.25, -0.2) is 4.79 Å². The third kappa shape index (κ3) is 2.98. The Morgan fingerprint density at radius 3 is 2.45 bits per heavy atom. The van der Waals surface area contributed by atoms with Gasteiger partial charge in [-0.05, 0) is 36.1 Å². The normalized spacial score (nSPS) is 16.6. The fraction of sp³-hybridized carbons (Fsp3) is 0.235. The van der Waals surface area contributed by atoms with E-state index in [-0.39, 0.29) is 11.8 Å². The molecule has 0 saturated carbocycles. The summed E-state index contributed by atoms with van der Waals surface area (Å²) in [4.78, 5) is 22.2. The number of ether oxygens (including phenoxy) is 1. The van der Waals surface area contributed by atoms with E-state index in [1.807, 2.05) is 12.1 Å². The average Bonchev–Trinajstić information content (AvgIpc) is 2.55. The molecule has 1 aliphatic carbocycles. The van der Waals surface area contributed by atoms with E-state index < -0.39 is 10.9 Å². The van der Waals surface area contributed by atoms with Crippen molar-refractivity contribution in [3.05, 3.63) is 75.3 Å². The van der Waals surface area contributed by atoms with Gasteiger partial charge in [-0.15, -0.1) is 0 Å². The van der Waals surface area contributed by atoms with Crippen LogP contribution in [0, 0.1) is 10.1 Å². The molecule has 1 unspecified atom stereocenters. The number of benzene rings is 2. The Morgan fingerprint density at radius 2 is 1.77 bits per heavy atom. The fourth-order valence-electron chi connectivity index (χ4n) is 2.70. The maximum Gasteiger partial charge on any atom is 0.338 e. The van der Waals surface area contributed by atoms with E-state index in [1.165, 1.54) is 35.4 Å². The molecule has 0 heterocycles. The molecule has 2 aromatic rings. The lowest BCUT2D eigenvalue weighted by Gasteiger charge is -2.24. The average molecular weight is 297 g/mol. The highest BCUT2D eigenvalue weighted by Gasteiger charge is 2.22. The van der Waals surface area contributed by atoms with Crippen LogP contribution in [0.15, 0.2) is 48.5 Å². The van der Waals surface area contributed by atoms with Crippen LogP contribution in [0.2, 0.25) is 0 Å². The molecule has 22 heavy (non-hydrogen) atoms. The Balaban J connectivity index is 1.66. The highest BCUT2D eigenvalue weighted by atomic mass is 16.6. The first-order valence-electron chi connectivity index (χ1n) is 7.16. The largest absolute Gasteiger partial charge is 0.458 e. The van der Waals surface area contributed by atoms with E-state index in [2.05, 4.69) is 12.1 Å². The van der Waals surface area contributed by atoms with Crippen LogP contribution in [0.25, 0.3) is 0 Å². The quantitative estimate of drug-likeness (QED) is 0.495.